The number of hydrogen-bond acceptors (Lipinski definition) is 2. The predicted octanol–water partition coefficient (Wildman–Crippen LogP) is 1.59. The van der Waals surface area contributed by atoms with E-state index in [9.17, 15) is 0 Å². The molecule has 1 fully saturated rings. The van der Waals surface area contributed by atoms with E-state index in [0.29, 0.717) is 5.92 Å². The minimum Gasteiger partial charge on any atom is -0.389 e. The van der Waals surface area contributed by atoms with Gasteiger partial charge in [-0.2, -0.15) is 0 Å². The molecule has 0 amide bonds. The van der Waals surface area contributed by atoms with Crippen molar-refractivity contribution in [3.8, 4) is 0 Å². The molecule has 1 atom stereocenters. The number of hydrogen-bond donors (Lipinski definition) is 1. The van der Waals surface area contributed by atoms with E-state index in [1.165, 1.54) is 18.5 Å². The molecule has 2 heteroatoms. The van der Waals surface area contributed by atoms with Gasteiger partial charge in [-0.15, -0.1) is 0 Å². The van der Waals surface area contributed by atoms with Crippen molar-refractivity contribution in [3.05, 3.63) is 12.3 Å². The number of rotatable bonds is 2. The van der Waals surface area contributed by atoms with E-state index in [1.54, 1.807) is 0 Å². The Hall–Kier alpha value is -0.790. The van der Waals surface area contributed by atoms with Gasteiger partial charge >= 0.3 is 0 Å². The number of nitrogens with zero attached hydrogens (tertiary/aromatic N) is 1. The summed E-state index contributed by atoms with van der Waals surface area (Å²) < 4.78 is 0. The van der Waals surface area contributed by atoms with Gasteiger partial charge in [-0.25, -0.2) is 0 Å². The third-order valence-electron chi connectivity index (χ3n) is 2.08. The molecule has 1 N–H and O–H groups in total. The van der Waals surface area contributed by atoms with E-state index in [0.717, 1.165) is 13.1 Å². The monoisotopic (exact) mass is 152 g/mol. The highest BCUT2D eigenvalue weighted by atomic mass is 14.9. The fraction of sp³-hybridized carbons (Fsp3) is 0.667. The summed E-state index contributed by atoms with van der Waals surface area (Å²) >= 11 is 0. The molecule has 0 aromatic carbocycles. The molecule has 0 aromatic rings. The predicted molar refractivity (Wildman–Crippen MR) is 48.9 cm³/mol. The van der Waals surface area contributed by atoms with Crippen molar-refractivity contribution < 1.29 is 0 Å². The van der Waals surface area contributed by atoms with Crippen LogP contribution in [0.1, 0.15) is 19.8 Å². The van der Waals surface area contributed by atoms with E-state index in [-0.39, 0.29) is 0 Å². The molecule has 62 valence electrons. The average molecular weight is 152 g/mol. The second kappa shape index (κ2) is 4.16. The largest absolute Gasteiger partial charge is 0.389 e. The van der Waals surface area contributed by atoms with Crippen LogP contribution in [-0.2, 0) is 0 Å². The Kier molecular flexibility index (Phi) is 3.14. The zero-order valence-corrected chi connectivity index (χ0v) is 7.14. The zero-order valence-electron chi connectivity index (χ0n) is 7.14. The van der Waals surface area contributed by atoms with Gasteiger partial charge in [0.15, 0.2) is 0 Å². The molecule has 0 bridgehead atoms. The molecule has 1 unspecified atom stereocenters. The molecule has 1 heterocycles. The first-order chi connectivity index (χ1) is 5.34. The van der Waals surface area contributed by atoms with Gasteiger partial charge < -0.3 is 5.32 Å². The Morgan fingerprint density at radius 3 is 3.27 bits per heavy atom. The van der Waals surface area contributed by atoms with Gasteiger partial charge in [-0.3, -0.25) is 4.99 Å². The molecule has 1 saturated heterocycles. The summed E-state index contributed by atoms with van der Waals surface area (Å²) in [7, 11) is 0. The summed E-state index contributed by atoms with van der Waals surface area (Å²) in [5.41, 5.74) is 1.17. The summed E-state index contributed by atoms with van der Waals surface area (Å²) in [6.45, 7) is 7.91. The molecule has 0 radical (unpaired) electrons. The van der Waals surface area contributed by atoms with Crippen molar-refractivity contribution in [1.82, 2.24) is 5.32 Å². The average Bonchev–Trinajstić information content (AvgIpc) is 2.03. The molecule has 11 heavy (non-hydrogen) atoms. The van der Waals surface area contributed by atoms with Gasteiger partial charge in [0.05, 0.1) is 0 Å². The van der Waals surface area contributed by atoms with Gasteiger partial charge in [0.1, 0.15) is 0 Å². The Morgan fingerprint density at radius 1 is 1.82 bits per heavy atom. The minimum atomic E-state index is 0.569. The van der Waals surface area contributed by atoms with Crippen LogP contribution in [0.5, 0.6) is 0 Å². The summed E-state index contributed by atoms with van der Waals surface area (Å²) in [5, 5.41) is 3.27. The standard InChI is InChI=1S/C9H16N2/c1-3-10-7-9-5-4-6-11-8(9)2/h3,9,11H,2,4-7H2,1H3. The Bertz CT molecular complexity index is 161. The lowest BCUT2D eigenvalue weighted by atomic mass is 9.97. The number of aliphatic imine (C=N–C) groups is 1. The summed E-state index contributed by atoms with van der Waals surface area (Å²) in [6, 6.07) is 0. The van der Waals surface area contributed by atoms with Crippen molar-refractivity contribution in [1.29, 1.82) is 0 Å². The van der Waals surface area contributed by atoms with Crippen LogP contribution in [0.25, 0.3) is 0 Å². The Labute approximate surface area is 68.4 Å². The first-order valence-electron chi connectivity index (χ1n) is 4.21. The third kappa shape index (κ3) is 2.37. The lowest BCUT2D eigenvalue weighted by Gasteiger charge is -2.24. The van der Waals surface area contributed by atoms with Crippen LogP contribution in [-0.4, -0.2) is 19.3 Å². The normalized spacial score (nSPS) is 25.5. The fourth-order valence-corrected chi connectivity index (χ4v) is 1.35. The second-order valence-electron chi connectivity index (χ2n) is 2.91. The Morgan fingerprint density at radius 2 is 2.64 bits per heavy atom. The second-order valence-corrected chi connectivity index (χ2v) is 2.91. The smallest absolute Gasteiger partial charge is 0.0467 e. The molecule has 0 saturated carbocycles. The maximum absolute atomic E-state index is 4.22. The molecule has 0 aliphatic carbocycles. The van der Waals surface area contributed by atoms with Crippen molar-refractivity contribution in [2.75, 3.05) is 13.1 Å². The van der Waals surface area contributed by atoms with Crippen molar-refractivity contribution in [2.45, 2.75) is 19.8 Å². The van der Waals surface area contributed by atoms with E-state index < -0.39 is 0 Å². The number of piperidine rings is 1. The first kappa shape index (κ1) is 8.31. The highest BCUT2D eigenvalue weighted by Crippen LogP contribution is 2.17. The van der Waals surface area contributed by atoms with Crippen molar-refractivity contribution >= 4 is 6.21 Å². The third-order valence-corrected chi connectivity index (χ3v) is 2.08. The van der Waals surface area contributed by atoms with Crippen LogP contribution < -0.4 is 5.32 Å². The maximum atomic E-state index is 4.22. The summed E-state index contributed by atoms with van der Waals surface area (Å²) in [4.78, 5) is 4.22. The Balaban J connectivity index is 2.35. The molecule has 1 rings (SSSR count). The van der Waals surface area contributed by atoms with Crippen LogP contribution in [0.3, 0.4) is 0 Å². The maximum Gasteiger partial charge on any atom is 0.0467 e. The molecular formula is C9H16N2. The highest BCUT2D eigenvalue weighted by Gasteiger charge is 2.15. The van der Waals surface area contributed by atoms with Gasteiger partial charge in [0, 0.05) is 24.7 Å². The SMILES string of the molecule is C=C1NCCCC1CN=CC. The molecule has 0 spiro atoms. The van der Waals surface area contributed by atoms with E-state index in [4.69, 9.17) is 0 Å². The van der Waals surface area contributed by atoms with E-state index in [2.05, 4.69) is 16.9 Å². The molecule has 1 aliphatic heterocycles. The summed E-state index contributed by atoms with van der Waals surface area (Å²) in [6.07, 6.45) is 4.36. The van der Waals surface area contributed by atoms with Crippen LogP contribution in [0.2, 0.25) is 0 Å². The highest BCUT2D eigenvalue weighted by molar-refractivity contribution is 5.53. The minimum absolute atomic E-state index is 0.569. The van der Waals surface area contributed by atoms with Crippen molar-refractivity contribution in [3.63, 3.8) is 0 Å². The zero-order chi connectivity index (χ0) is 8.10. The van der Waals surface area contributed by atoms with Crippen LogP contribution >= 0.6 is 0 Å². The molecule has 1 aliphatic rings. The summed E-state index contributed by atoms with van der Waals surface area (Å²) in [5.74, 6) is 0.569. The molecule has 2 nitrogen and oxygen atoms in total. The van der Waals surface area contributed by atoms with Gasteiger partial charge in [-0.1, -0.05) is 6.58 Å². The van der Waals surface area contributed by atoms with Gasteiger partial charge in [0.2, 0.25) is 0 Å². The lowest BCUT2D eigenvalue weighted by Crippen LogP contribution is -2.28. The first-order valence-corrected chi connectivity index (χ1v) is 4.21. The molecular weight excluding hydrogens is 136 g/mol. The topological polar surface area (TPSA) is 24.4 Å². The van der Waals surface area contributed by atoms with Gasteiger partial charge in [-0.05, 0) is 26.0 Å². The quantitative estimate of drug-likeness (QED) is 0.597. The van der Waals surface area contributed by atoms with Gasteiger partial charge in [0.25, 0.3) is 0 Å². The van der Waals surface area contributed by atoms with Crippen LogP contribution in [0, 0.1) is 5.92 Å². The number of nitrogens with one attached hydrogen (secondary N) is 1. The molecule has 0 aromatic heterocycles. The fourth-order valence-electron chi connectivity index (χ4n) is 1.35. The van der Waals surface area contributed by atoms with E-state index in [1.807, 2.05) is 13.1 Å². The lowest BCUT2D eigenvalue weighted by molar-refractivity contribution is 0.454. The van der Waals surface area contributed by atoms with Crippen molar-refractivity contribution in [2.24, 2.45) is 10.9 Å². The van der Waals surface area contributed by atoms with Crippen LogP contribution in [0.15, 0.2) is 17.3 Å². The van der Waals surface area contributed by atoms with Crippen LogP contribution in [0.4, 0.5) is 0 Å². The van der Waals surface area contributed by atoms with E-state index >= 15 is 0 Å².